The second kappa shape index (κ2) is 3.36. The van der Waals surface area contributed by atoms with Crippen molar-refractivity contribution in [3.63, 3.8) is 0 Å². The molecule has 4 rings (SSSR count). The highest BCUT2D eigenvalue weighted by atomic mass is 35.5. The van der Waals surface area contributed by atoms with Crippen LogP contribution >= 0.6 is 11.6 Å². The molecule has 4 aliphatic rings. The number of hydrogen-bond acceptors (Lipinski definition) is 3. The molecule has 4 atom stereocenters. The average Bonchev–Trinajstić information content (AvgIpc) is 2.29. The van der Waals surface area contributed by atoms with Gasteiger partial charge in [0, 0.05) is 6.42 Å². The zero-order valence-corrected chi connectivity index (χ0v) is 9.33. The molecule has 3 nitrogen and oxygen atoms in total. The minimum Gasteiger partial charge on any atom is -0.462 e. The third-order valence-electron chi connectivity index (χ3n) is 4.07. The van der Waals surface area contributed by atoms with Gasteiger partial charge >= 0.3 is 5.97 Å². The molecule has 4 heteroatoms. The van der Waals surface area contributed by atoms with E-state index in [9.17, 15) is 4.79 Å². The average molecular weight is 231 g/mol. The van der Waals surface area contributed by atoms with Crippen molar-refractivity contribution in [3.8, 4) is 0 Å². The van der Waals surface area contributed by atoms with Gasteiger partial charge < -0.3 is 9.47 Å². The molecule has 0 aromatic rings. The number of carbonyl (C=O) groups excluding carboxylic acids is 1. The Balaban J connectivity index is 1.91. The molecule has 2 aliphatic carbocycles. The van der Waals surface area contributed by atoms with E-state index in [-0.39, 0.29) is 29.7 Å². The van der Waals surface area contributed by atoms with Crippen LogP contribution in [0.25, 0.3) is 0 Å². The highest BCUT2D eigenvalue weighted by molar-refractivity contribution is 6.17. The molecule has 2 saturated heterocycles. The molecule has 2 aliphatic heterocycles. The van der Waals surface area contributed by atoms with Gasteiger partial charge in [0.05, 0.1) is 11.5 Å². The van der Waals surface area contributed by atoms with Crippen molar-refractivity contribution in [2.75, 3.05) is 6.07 Å². The van der Waals surface area contributed by atoms with Gasteiger partial charge in [-0.15, -0.1) is 0 Å². The number of alkyl halides is 1. The molecular formula is C11H15ClO3. The molecule has 15 heavy (non-hydrogen) atoms. The first kappa shape index (κ1) is 9.91. The van der Waals surface area contributed by atoms with Crippen LogP contribution in [0.1, 0.15) is 32.1 Å². The summed E-state index contributed by atoms with van der Waals surface area (Å²) < 4.78 is 11.1. The smallest absolute Gasteiger partial charge is 0.309 e. The van der Waals surface area contributed by atoms with Crippen LogP contribution < -0.4 is 0 Å². The zero-order chi connectivity index (χ0) is 10.5. The first-order chi connectivity index (χ1) is 7.21. The van der Waals surface area contributed by atoms with Crippen molar-refractivity contribution in [2.45, 2.75) is 43.8 Å². The van der Waals surface area contributed by atoms with E-state index in [0.717, 1.165) is 32.1 Å². The summed E-state index contributed by atoms with van der Waals surface area (Å²) >= 11 is 5.68. The van der Waals surface area contributed by atoms with Crippen LogP contribution in [0.15, 0.2) is 0 Å². The fourth-order valence-electron chi connectivity index (χ4n) is 3.67. The Kier molecular flexibility index (Phi) is 2.22. The molecule has 4 unspecified atom stereocenters. The van der Waals surface area contributed by atoms with Crippen molar-refractivity contribution in [1.82, 2.24) is 0 Å². The van der Waals surface area contributed by atoms with Gasteiger partial charge in [-0.3, -0.25) is 4.79 Å². The topological polar surface area (TPSA) is 35.5 Å². The maximum absolute atomic E-state index is 11.7. The quantitative estimate of drug-likeness (QED) is 0.538. The van der Waals surface area contributed by atoms with Crippen LogP contribution in [0.5, 0.6) is 0 Å². The van der Waals surface area contributed by atoms with E-state index in [2.05, 4.69) is 0 Å². The van der Waals surface area contributed by atoms with E-state index >= 15 is 0 Å². The molecule has 4 fully saturated rings. The normalized spacial score (nSPS) is 47.8. The second-order valence-corrected chi connectivity index (χ2v) is 5.36. The summed E-state index contributed by atoms with van der Waals surface area (Å²) in [6.45, 7) is 0. The number of esters is 1. The Bertz CT molecular complexity index is 294. The predicted octanol–water partition coefficient (Wildman–Crippen LogP) is 2.07. The molecule has 2 heterocycles. The Hall–Kier alpha value is -0.280. The summed E-state index contributed by atoms with van der Waals surface area (Å²) in [7, 11) is 0. The lowest BCUT2D eigenvalue weighted by molar-refractivity contribution is -0.151. The largest absolute Gasteiger partial charge is 0.462 e. The highest BCUT2D eigenvalue weighted by Gasteiger charge is 2.53. The van der Waals surface area contributed by atoms with Gasteiger partial charge in [-0.25, -0.2) is 0 Å². The molecule has 0 amide bonds. The van der Waals surface area contributed by atoms with Gasteiger partial charge in [0.15, 0.2) is 0 Å². The van der Waals surface area contributed by atoms with Crippen LogP contribution in [0.2, 0.25) is 0 Å². The number of ether oxygens (including phenoxy) is 2. The third-order valence-corrected chi connectivity index (χ3v) is 4.18. The fourth-order valence-corrected chi connectivity index (χ4v) is 3.90. The van der Waals surface area contributed by atoms with Crippen molar-refractivity contribution in [3.05, 3.63) is 0 Å². The Morgan fingerprint density at radius 2 is 2.27 bits per heavy atom. The predicted molar refractivity (Wildman–Crippen MR) is 54.5 cm³/mol. The number of halogens is 1. The van der Waals surface area contributed by atoms with Crippen LogP contribution in [0.3, 0.4) is 0 Å². The second-order valence-electron chi connectivity index (χ2n) is 5.14. The molecular weight excluding hydrogens is 216 g/mol. The summed E-state index contributed by atoms with van der Waals surface area (Å²) in [5.74, 6) is 0.638. The van der Waals surface area contributed by atoms with E-state index in [0.29, 0.717) is 5.92 Å². The van der Waals surface area contributed by atoms with E-state index < -0.39 is 0 Å². The van der Waals surface area contributed by atoms with E-state index in [1.54, 1.807) is 0 Å². The van der Waals surface area contributed by atoms with Gasteiger partial charge in [0.1, 0.15) is 12.2 Å². The summed E-state index contributed by atoms with van der Waals surface area (Å²) in [4.78, 5) is 11.7. The Morgan fingerprint density at radius 3 is 3.07 bits per heavy atom. The molecule has 4 bridgehead atoms. The summed E-state index contributed by atoms with van der Waals surface area (Å²) in [6.07, 6.45) is 4.80. The van der Waals surface area contributed by atoms with Crippen molar-refractivity contribution >= 4 is 17.6 Å². The lowest BCUT2D eigenvalue weighted by Crippen LogP contribution is -2.46. The molecule has 0 spiro atoms. The maximum atomic E-state index is 11.7. The van der Waals surface area contributed by atoms with E-state index in [4.69, 9.17) is 21.1 Å². The SMILES string of the molecule is O=C1OC2CC3CC1CC(OCCl)(C3)C2. The minimum atomic E-state index is -0.162. The van der Waals surface area contributed by atoms with Gasteiger partial charge in [0.25, 0.3) is 0 Å². The lowest BCUT2D eigenvalue weighted by Gasteiger charge is -2.45. The van der Waals surface area contributed by atoms with Crippen LogP contribution in [-0.2, 0) is 14.3 Å². The van der Waals surface area contributed by atoms with Crippen LogP contribution in [0, 0.1) is 11.8 Å². The lowest BCUT2D eigenvalue weighted by atomic mass is 9.65. The van der Waals surface area contributed by atoms with Crippen molar-refractivity contribution < 1.29 is 14.3 Å². The fraction of sp³-hybridized carbons (Fsp3) is 0.909. The van der Waals surface area contributed by atoms with Crippen LogP contribution in [-0.4, -0.2) is 23.7 Å². The molecule has 0 radical (unpaired) electrons. The van der Waals surface area contributed by atoms with Gasteiger partial charge in [-0.05, 0) is 31.6 Å². The van der Waals surface area contributed by atoms with Gasteiger partial charge in [-0.1, -0.05) is 11.6 Å². The number of carbonyl (C=O) groups is 1. The molecule has 84 valence electrons. The van der Waals surface area contributed by atoms with E-state index in [1.807, 2.05) is 0 Å². The monoisotopic (exact) mass is 230 g/mol. The first-order valence-corrected chi connectivity index (χ1v) is 6.15. The van der Waals surface area contributed by atoms with Crippen LogP contribution in [0.4, 0.5) is 0 Å². The highest BCUT2D eigenvalue weighted by Crippen LogP contribution is 2.51. The number of hydrogen-bond donors (Lipinski definition) is 0. The molecule has 2 saturated carbocycles. The zero-order valence-electron chi connectivity index (χ0n) is 8.58. The van der Waals surface area contributed by atoms with E-state index in [1.165, 1.54) is 0 Å². The standard InChI is InChI=1S/C11H15ClO3/c12-6-14-11-3-7-1-8(4-11)10(13)15-9(2-7)5-11/h7-9H,1-6H2. The minimum absolute atomic E-state index is 0.0118. The Morgan fingerprint density at radius 1 is 1.40 bits per heavy atom. The maximum Gasteiger partial charge on any atom is 0.309 e. The number of rotatable bonds is 2. The van der Waals surface area contributed by atoms with Gasteiger partial charge in [-0.2, -0.15) is 0 Å². The molecule has 0 N–H and O–H groups in total. The Labute approximate surface area is 94.1 Å². The molecule has 0 aromatic heterocycles. The van der Waals surface area contributed by atoms with Crippen molar-refractivity contribution in [2.24, 2.45) is 11.8 Å². The third kappa shape index (κ3) is 1.56. The van der Waals surface area contributed by atoms with Crippen molar-refractivity contribution in [1.29, 1.82) is 0 Å². The summed E-state index contributed by atoms with van der Waals surface area (Å²) in [5, 5.41) is 0. The molecule has 0 aromatic carbocycles. The van der Waals surface area contributed by atoms with Gasteiger partial charge in [0.2, 0.25) is 0 Å². The number of fused-ring (bicyclic) bond motifs is 1. The summed E-state index contributed by atoms with van der Waals surface area (Å²) in [6, 6.07) is 0.223. The summed E-state index contributed by atoms with van der Waals surface area (Å²) in [5.41, 5.74) is -0.162. The first-order valence-electron chi connectivity index (χ1n) is 5.61.